The van der Waals surface area contributed by atoms with Crippen LogP contribution in [0.25, 0.3) is 0 Å². The number of carboxylic acids is 1. The number of imide groups is 1. The van der Waals surface area contributed by atoms with Crippen LogP contribution in [0.1, 0.15) is 29.3 Å². The quantitative estimate of drug-likeness (QED) is 0.733. The fourth-order valence-electron chi connectivity index (χ4n) is 1.48. The van der Waals surface area contributed by atoms with Crippen molar-refractivity contribution in [3.63, 3.8) is 0 Å². The van der Waals surface area contributed by atoms with Crippen LogP contribution in [-0.4, -0.2) is 36.2 Å². The van der Waals surface area contributed by atoms with Crippen LogP contribution < -0.4 is 15.4 Å². The summed E-state index contributed by atoms with van der Waals surface area (Å²) in [6, 6.07) is 3.79. The summed E-state index contributed by atoms with van der Waals surface area (Å²) in [7, 11) is 0. The molecule has 21 heavy (non-hydrogen) atoms. The van der Waals surface area contributed by atoms with Crippen LogP contribution in [0.15, 0.2) is 18.2 Å². The average Bonchev–Trinajstić information content (AvgIpc) is 2.43. The molecule has 0 spiro atoms. The maximum Gasteiger partial charge on any atom is 0.335 e. The molecule has 114 valence electrons. The van der Waals surface area contributed by atoms with Crippen LogP contribution in [0.3, 0.4) is 0 Å². The minimum atomic E-state index is -1.08. The van der Waals surface area contributed by atoms with Gasteiger partial charge < -0.3 is 15.2 Å². The Morgan fingerprint density at radius 1 is 1.29 bits per heavy atom. The van der Waals surface area contributed by atoms with E-state index in [1.54, 1.807) is 13.0 Å². The molecule has 0 heterocycles. The van der Waals surface area contributed by atoms with Gasteiger partial charge in [-0.2, -0.15) is 0 Å². The second-order valence-electron chi connectivity index (χ2n) is 4.38. The summed E-state index contributed by atoms with van der Waals surface area (Å²) >= 11 is 0. The van der Waals surface area contributed by atoms with Crippen molar-refractivity contribution in [2.45, 2.75) is 20.3 Å². The summed E-state index contributed by atoms with van der Waals surface area (Å²) in [5.41, 5.74) is 0.764. The average molecular weight is 294 g/mol. The Balaban J connectivity index is 2.55. The van der Waals surface area contributed by atoms with Crippen LogP contribution in [0.4, 0.5) is 4.79 Å². The Labute approximate surface area is 122 Å². The zero-order valence-electron chi connectivity index (χ0n) is 11.9. The second kappa shape index (κ2) is 7.88. The molecule has 0 saturated heterocycles. The highest BCUT2D eigenvalue weighted by molar-refractivity contribution is 5.95. The molecule has 0 aromatic heterocycles. The number of ether oxygens (including phenoxy) is 1. The lowest BCUT2D eigenvalue weighted by Gasteiger charge is -2.10. The number of aryl methyl sites for hydroxylation is 1. The zero-order valence-corrected chi connectivity index (χ0v) is 11.9. The first-order chi connectivity index (χ1) is 9.93. The van der Waals surface area contributed by atoms with Gasteiger partial charge in [0.25, 0.3) is 5.91 Å². The predicted octanol–water partition coefficient (Wildman–Crippen LogP) is 1.31. The highest BCUT2D eigenvalue weighted by Gasteiger charge is 2.11. The molecule has 0 aliphatic rings. The Bertz CT molecular complexity index is 542. The van der Waals surface area contributed by atoms with E-state index in [9.17, 15) is 14.4 Å². The van der Waals surface area contributed by atoms with Gasteiger partial charge in [0, 0.05) is 6.54 Å². The lowest BCUT2D eigenvalue weighted by molar-refractivity contribution is -0.122. The van der Waals surface area contributed by atoms with E-state index in [1.165, 1.54) is 12.1 Å². The van der Waals surface area contributed by atoms with Crippen molar-refractivity contribution in [2.75, 3.05) is 13.2 Å². The van der Waals surface area contributed by atoms with Crippen LogP contribution in [0, 0.1) is 6.92 Å². The minimum Gasteiger partial charge on any atom is -0.483 e. The van der Waals surface area contributed by atoms with Gasteiger partial charge in [0.1, 0.15) is 5.75 Å². The number of carbonyl (C=O) groups excluding carboxylic acids is 2. The summed E-state index contributed by atoms with van der Waals surface area (Å²) in [6.45, 7) is 3.72. The Morgan fingerprint density at radius 2 is 2.00 bits per heavy atom. The van der Waals surface area contributed by atoms with E-state index < -0.39 is 17.9 Å². The number of benzene rings is 1. The third-order valence-electron chi connectivity index (χ3n) is 2.58. The monoisotopic (exact) mass is 294 g/mol. The number of nitrogens with one attached hydrogen (secondary N) is 2. The molecule has 3 amide bonds. The van der Waals surface area contributed by atoms with Crippen LogP contribution in [0.5, 0.6) is 5.75 Å². The van der Waals surface area contributed by atoms with E-state index in [1.807, 2.05) is 6.92 Å². The number of hydrogen-bond acceptors (Lipinski definition) is 4. The van der Waals surface area contributed by atoms with E-state index in [0.717, 1.165) is 6.42 Å². The SMILES string of the molecule is CCCNC(=O)NC(=O)COc1cc(C(=O)O)ccc1C. The van der Waals surface area contributed by atoms with Gasteiger partial charge in [-0.3, -0.25) is 10.1 Å². The highest BCUT2D eigenvalue weighted by atomic mass is 16.5. The maximum absolute atomic E-state index is 11.5. The first kappa shape index (κ1) is 16.5. The molecule has 0 radical (unpaired) electrons. The molecule has 0 unspecified atom stereocenters. The number of rotatable bonds is 6. The van der Waals surface area contributed by atoms with Crippen LogP contribution in [0.2, 0.25) is 0 Å². The van der Waals surface area contributed by atoms with Crippen molar-refractivity contribution < 1.29 is 24.2 Å². The van der Waals surface area contributed by atoms with Crippen molar-refractivity contribution in [3.8, 4) is 5.75 Å². The van der Waals surface area contributed by atoms with Gasteiger partial charge in [0.05, 0.1) is 5.56 Å². The molecule has 1 rings (SSSR count). The van der Waals surface area contributed by atoms with Gasteiger partial charge in [0.2, 0.25) is 0 Å². The van der Waals surface area contributed by atoms with Crippen molar-refractivity contribution in [2.24, 2.45) is 0 Å². The Morgan fingerprint density at radius 3 is 2.62 bits per heavy atom. The lowest BCUT2D eigenvalue weighted by atomic mass is 10.1. The van der Waals surface area contributed by atoms with E-state index in [4.69, 9.17) is 9.84 Å². The fraction of sp³-hybridized carbons (Fsp3) is 0.357. The Hall–Kier alpha value is -2.57. The molecule has 1 aromatic carbocycles. The smallest absolute Gasteiger partial charge is 0.335 e. The molecule has 0 bridgehead atoms. The molecular weight excluding hydrogens is 276 g/mol. The number of amides is 3. The fourth-order valence-corrected chi connectivity index (χ4v) is 1.48. The second-order valence-corrected chi connectivity index (χ2v) is 4.38. The first-order valence-corrected chi connectivity index (χ1v) is 6.48. The van der Waals surface area contributed by atoms with Crippen LogP contribution in [-0.2, 0) is 4.79 Å². The van der Waals surface area contributed by atoms with Crippen molar-refractivity contribution in [1.82, 2.24) is 10.6 Å². The molecule has 7 heteroatoms. The summed E-state index contributed by atoms with van der Waals surface area (Å²) in [6.07, 6.45) is 0.763. The molecule has 1 aromatic rings. The molecule has 3 N–H and O–H groups in total. The first-order valence-electron chi connectivity index (χ1n) is 6.48. The minimum absolute atomic E-state index is 0.0664. The summed E-state index contributed by atoms with van der Waals surface area (Å²) in [5.74, 6) is -1.40. The van der Waals surface area contributed by atoms with Gasteiger partial charge in [0.15, 0.2) is 6.61 Å². The summed E-state index contributed by atoms with van der Waals surface area (Å²) in [4.78, 5) is 33.6. The topological polar surface area (TPSA) is 105 Å². The molecule has 0 fully saturated rings. The zero-order chi connectivity index (χ0) is 15.8. The van der Waals surface area contributed by atoms with Gasteiger partial charge in [-0.15, -0.1) is 0 Å². The normalized spacial score (nSPS) is 9.81. The van der Waals surface area contributed by atoms with Crippen molar-refractivity contribution in [3.05, 3.63) is 29.3 Å². The van der Waals surface area contributed by atoms with E-state index in [2.05, 4.69) is 10.6 Å². The summed E-state index contributed by atoms with van der Waals surface area (Å²) in [5, 5.41) is 13.5. The van der Waals surface area contributed by atoms with Crippen molar-refractivity contribution in [1.29, 1.82) is 0 Å². The third-order valence-corrected chi connectivity index (χ3v) is 2.58. The summed E-state index contributed by atoms with van der Waals surface area (Å²) < 4.78 is 5.24. The molecule has 0 aliphatic heterocycles. The number of carbonyl (C=O) groups is 3. The van der Waals surface area contributed by atoms with E-state index in [0.29, 0.717) is 17.9 Å². The van der Waals surface area contributed by atoms with E-state index in [-0.39, 0.29) is 12.2 Å². The molecule has 0 aliphatic carbocycles. The van der Waals surface area contributed by atoms with Gasteiger partial charge in [-0.05, 0) is 31.0 Å². The highest BCUT2D eigenvalue weighted by Crippen LogP contribution is 2.19. The van der Waals surface area contributed by atoms with Gasteiger partial charge in [-0.25, -0.2) is 9.59 Å². The maximum atomic E-state index is 11.5. The van der Waals surface area contributed by atoms with Crippen molar-refractivity contribution >= 4 is 17.9 Å². The third kappa shape index (κ3) is 5.52. The number of aromatic carboxylic acids is 1. The molecular formula is C14H18N2O5. The van der Waals surface area contributed by atoms with Crippen LogP contribution >= 0.6 is 0 Å². The largest absolute Gasteiger partial charge is 0.483 e. The molecule has 7 nitrogen and oxygen atoms in total. The molecule has 0 saturated carbocycles. The van der Waals surface area contributed by atoms with E-state index >= 15 is 0 Å². The molecule has 0 atom stereocenters. The predicted molar refractivity (Wildman–Crippen MR) is 75.5 cm³/mol. The standard InChI is InChI=1S/C14H18N2O5/c1-3-6-15-14(20)16-12(17)8-21-11-7-10(13(18)19)5-4-9(11)2/h4-5,7H,3,6,8H2,1-2H3,(H,18,19)(H2,15,16,17,20). The number of urea groups is 1. The Kier molecular flexibility index (Phi) is 6.19. The number of hydrogen-bond donors (Lipinski definition) is 3. The van der Waals surface area contributed by atoms with Gasteiger partial charge in [-0.1, -0.05) is 13.0 Å². The number of carboxylic acid groups (broad SMARTS) is 1. The lowest BCUT2D eigenvalue weighted by Crippen LogP contribution is -2.41. The van der Waals surface area contributed by atoms with Gasteiger partial charge >= 0.3 is 12.0 Å².